The second-order valence-electron chi connectivity index (χ2n) is 4.92. The van der Waals surface area contributed by atoms with Crippen LogP contribution in [0.15, 0.2) is 0 Å². The fourth-order valence-electron chi connectivity index (χ4n) is 2.66. The summed E-state index contributed by atoms with van der Waals surface area (Å²) in [4.78, 5) is 18.4. The van der Waals surface area contributed by atoms with Crippen molar-refractivity contribution in [1.29, 1.82) is 0 Å². The van der Waals surface area contributed by atoms with Gasteiger partial charge in [0.1, 0.15) is 5.82 Å². The van der Waals surface area contributed by atoms with E-state index in [2.05, 4.69) is 16.9 Å². The number of carboxylic acid groups (broad SMARTS) is 1. The number of hydrogen-bond donors (Lipinski definition) is 2. The standard InChI is InChI=1S/C13H20N2O2/c1-9-13(10-5-2-3-6-10)15-11(14-9)7-4-8-12(16)17/h10H,2-8H2,1H3,(H,14,15)(H,16,17). The molecule has 0 amide bonds. The molecule has 0 atom stereocenters. The van der Waals surface area contributed by atoms with Crippen LogP contribution in [0.4, 0.5) is 0 Å². The molecule has 0 bridgehead atoms. The third-order valence-electron chi connectivity index (χ3n) is 3.52. The molecule has 0 spiro atoms. The van der Waals surface area contributed by atoms with Gasteiger partial charge < -0.3 is 10.1 Å². The molecule has 4 heteroatoms. The molecule has 94 valence electrons. The van der Waals surface area contributed by atoms with Crippen LogP contribution < -0.4 is 0 Å². The highest BCUT2D eigenvalue weighted by Crippen LogP contribution is 2.34. The number of rotatable bonds is 5. The van der Waals surface area contributed by atoms with E-state index in [0.717, 1.165) is 12.2 Å². The number of aliphatic carboxylic acids is 1. The number of nitrogens with one attached hydrogen (secondary N) is 1. The van der Waals surface area contributed by atoms with E-state index in [4.69, 9.17) is 5.11 Å². The molecule has 1 heterocycles. The molecule has 0 aromatic carbocycles. The monoisotopic (exact) mass is 236 g/mol. The van der Waals surface area contributed by atoms with Crippen LogP contribution in [-0.2, 0) is 11.2 Å². The summed E-state index contributed by atoms with van der Waals surface area (Å²) in [5.74, 6) is 0.842. The summed E-state index contributed by atoms with van der Waals surface area (Å²) >= 11 is 0. The van der Waals surface area contributed by atoms with Crippen molar-refractivity contribution in [3.8, 4) is 0 Å². The van der Waals surface area contributed by atoms with Crippen LogP contribution in [0.1, 0.15) is 61.7 Å². The van der Waals surface area contributed by atoms with Gasteiger partial charge in [0.25, 0.3) is 0 Å². The van der Waals surface area contributed by atoms with Crippen molar-refractivity contribution in [1.82, 2.24) is 9.97 Å². The van der Waals surface area contributed by atoms with Gasteiger partial charge in [-0.25, -0.2) is 4.98 Å². The maximum absolute atomic E-state index is 10.4. The third kappa shape index (κ3) is 3.08. The lowest BCUT2D eigenvalue weighted by Gasteiger charge is -2.05. The van der Waals surface area contributed by atoms with Crippen molar-refractivity contribution >= 4 is 5.97 Å². The molecule has 1 aromatic rings. The van der Waals surface area contributed by atoms with Crippen molar-refractivity contribution in [3.05, 3.63) is 17.2 Å². The van der Waals surface area contributed by atoms with Gasteiger partial charge >= 0.3 is 5.97 Å². The Morgan fingerprint density at radius 1 is 1.47 bits per heavy atom. The van der Waals surface area contributed by atoms with Gasteiger partial charge in [-0.05, 0) is 26.2 Å². The normalized spacial score (nSPS) is 16.5. The van der Waals surface area contributed by atoms with Crippen LogP contribution >= 0.6 is 0 Å². The predicted octanol–water partition coefficient (Wildman–Crippen LogP) is 2.78. The number of nitrogens with zero attached hydrogens (tertiary/aromatic N) is 1. The van der Waals surface area contributed by atoms with Gasteiger partial charge in [-0.3, -0.25) is 4.79 Å². The van der Waals surface area contributed by atoms with Gasteiger partial charge in [-0.2, -0.15) is 0 Å². The number of aryl methyl sites for hydroxylation is 2. The average Bonchev–Trinajstić information content (AvgIpc) is 2.86. The van der Waals surface area contributed by atoms with Crippen LogP contribution in [0.2, 0.25) is 0 Å². The van der Waals surface area contributed by atoms with E-state index in [1.807, 2.05) is 0 Å². The van der Waals surface area contributed by atoms with Gasteiger partial charge in [-0.15, -0.1) is 0 Å². The van der Waals surface area contributed by atoms with Gasteiger partial charge in [0.15, 0.2) is 0 Å². The molecule has 0 radical (unpaired) electrons. The fraction of sp³-hybridized carbons (Fsp3) is 0.692. The third-order valence-corrected chi connectivity index (χ3v) is 3.52. The maximum Gasteiger partial charge on any atom is 0.303 e. The number of H-pyrrole nitrogens is 1. The van der Waals surface area contributed by atoms with Gasteiger partial charge in [0, 0.05) is 24.5 Å². The molecule has 1 fully saturated rings. The summed E-state index contributed by atoms with van der Waals surface area (Å²) in [5.41, 5.74) is 2.38. The Morgan fingerprint density at radius 3 is 2.82 bits per heavy atom. The maximum atomic E-state index is 10.4. The summed E-state index contributed by atoms with van der Waals surface area (Å²) in [7, 11) is 0. The Labute approximate surface area is 101 Å². The second kappa shape index (κ2) is 5.34. The zero-order chi connectivity index (χ0) is 12.3. The van der Waals surface area contributed by atoms with Crippen LogP contribution in [0.25, 0.3) is 0 Å². The molecule has 0 unspecified atom stereocenters. The highest BCUT2D eigenvalue weighted by atomic mass is 16.4. The topological polar surface area (TPSA) is 66.0 Å². The van der Waals surface area contributed by atoms with Crippen molar-refractivity contribution < 1.29 is 9.90 Å². The average molecular weight is 236 g/mol. The minimum Gasteiger partial charge on any atom is -0.481 e. The Hall–Kier alpha value is -1.32. The molecule has 1 aromatic heterocycles. The highest BCUT2D eigenvalue weighted by molar-refractivity contribution is 5.66. The molecule has 2 N–H and O–H groups in total. The Bertz CT molecular complexity index is 392. The highest BCUT2D eigenvalue weighted by Gasteiger charge is 2.21. The Balaban J connectivity index is 1.95. The van der Waals surface area contributed by atoms with E-state index in [0.29, 0.717) is 12.3 Å². The number of aromatic nitrogens is 2. The lowest BCUT2D eigenvalue weighted by Crippen LogP contribution is -1.97. The Morgan fingerprint density at radius 2 is 2.18 bits per heavy atom. The van der Waals surface area contributed by atoms with E-state index in [1.165, 1.54) is 37.1 Å². The van der Waals surface area contributed by atoms with E-state index < -0.39 is 5.97 Å². The number of carbonyl (C=O) groups is 1. The zero-order valence-corrected chi connectivity index (χ0v) is 10.3. The first-order chi connectivity index (χ1) is 8.16. The van der Waals surface area contributed by atoms with Gasteiger partial charge in [-0.1, -0.05) is 12.8 Å². The number of carboxylic acids is 1. The molecule has 1 saturated carbocycles. The van der Waals surface area contributed by atoms with Crippen LogP contribution in [0.5, 0.6) is 0 Å². The summed E-state index contributed by atoms with van der Waals surface area (Å²) in [6.45, 7) is 2.07. The first-order valence-corrected chi connectivity index (χ1v) is 6.44. The van der Waals surface area contributed by atoms with Crippen molar-refractivity contribution in [3.63, 3.8) is 0 Å². The summed E-state index contributed by atoms with van der Waals surface area (Å²) in [5, 5.41) is 8.59. The molecule has 17 heavy (non-hydrogen) atoms. The van der Waals surface area contributed by atoms with Crippen LogP contribution in [0, 0.1) is 6.92 Å². The molecule has 2 rings (SSSR count). The van der Waals surface area contributed by atoms with E-state index in [-0.39, 0.29) is 6.42 Å². The molecule has 4 nitrogen and oxygen atoms in total. The smallest absolute Gasteiger partial charge is 0.303 e. The fourth-order valence-corrected chi connectivity index (χ4v) is 2.66. The van der Waals surface area contributed by atoms with Crippen molar-refractivity contribution in [2.45, 2.75) is 57.8 Å². The van der Waals surface area contributed by atoms with Gasteiger partial charge in [0.2, 0.25) is 0 Å². The summed E-state index contributed by atoms with van der Waals surface area (Å²) in [6.07, 6.45) is 6.74. The molecule has 0 saturated heterocycles. The number of hydrogen-bond acceptors (Lipinski definition) is 2. The molecular formula is C13H20N2O2. The van der Waals surface area contributed by atoms with E-state index >= 15 is 0 Å². The largest absolute Gasteiger partial charge is 0.481 e. The van der Waals surface area contributed by atoms with Crippen LogP contribution in [0.3, 0.4) is 0 Å². The summed E-state index contributed by atoms with van der Waals surface area (Å²) in [6, 6.07) is 0. The lowest BCUT2D eigenvalue weighted by molar-refractivity contribution is -0.137. The molecule has 0 aliphatic heterocycles. The second-order valence-corrected chi connectivity index (χ2v) is 4.92. The SMILES string of the molecule is Cc1[nH]c(CCCC(=O)O)nc1C1CCCC1. The summed E-state index contributed by atoms with van der Waals surface area (Å²) < 4.78 is 0. The number of imidazole rings is 1. The Kier molecular flexibility index (Phi) is 3.82. The van der Waals surface area contributed by atoms with E-state index in [1.54, 1.807) is 0 Å². The molecular weight excluding hydrogens is 216 g/mol. The molecule has 1 aliphatic rings. The van der Waals surface area contributed by atoms with Crippen molar-refractivity contribution in [2.24, 2.45) is 0 Å². The minimum atomic E-state index is -0.732. The van der Waals surface area contributed by atoms with Crippen molar-refractivity contribution in [2.75, 3.05) is 0 Å². The first-order valence-electron chi connectivity index (χ1n) is 6.44. The van der Waals surface area contributed by atoms with Crippen LogP contribution in [-0.4, -0.2) is 21.0 Å². The predicted molar refractivity (Wildman–Crippen MR) is 65.1 cm³/mol. The van der Waals surface area contributed by atoms with Gasteiger partial charge in [0.05, 0.1) is 5.69 Å². The lowest BCUT2D eigenvalue weighted by atomic mass is 10.0. The minimum absolute atomic E-state index is 0.221. The van der Waals surface area contributed by atoms with E-state index in [9.17, 15) is 4.79 Å². The zero-order valence-electron chi connectivity index (χ0n) is 10.3. The first kappa shape index (κ1) is 12.1. The number of aromatic amines is 1. The quantitative estimate of drug-likeness (QED) is 0.826. The molecule has 1 aliphatic carbocycles.